The van der Waals surface area contributed by atoms with Crippen molar-refractivity contribution in [2.75, 3.05) is 0 Å². The maximum atomic E-state index is 11.0. The summed E-state index contributed by atoms with van der Waals surface area (Å²) in [6.45, 7) is 12.1. The quantitative estimate of drug-likeness (QED) is 0.870. The van der Waals surface area contributed by atoms with Crippen LogP contribution in [0.3, 0.4) is 0 Å². The molecule has 25 heavy (non-hydrogen) atoms. The maximum Gasteiger partial charge on any atom is 0.495 e. The lowest BCUT2D eigenvalue weighted by Crippen LogP contribution is -2.41. The molecule has 3 nitrogen and oxygen atoms in total. The van der Waals surface area contributed by atoms with Gasteiger partial charge in [0.2, 0.25) is 0 Å². The zero-order chi connectivity index (χ0) is 18.5. The SMILES string of the molecule is Cc1cc(C(C)(O)c2ccccc2)ccc1B1OC(C)(C)C(C)(C)O1. The first-order valence-corrected chi connectivity index (χ1v) is 8.79. The van der Waals surface area contributed by atoms with Gasteiger partial charge in [0.1, 0.15) is 5.60 Å². The minimum atomic E-state index is -1.04. The van der Waals surface area contributed by atoms with Crippen molar-refractivity contribution >= 4 is 12.6 Å². The molecule has 0 amide bonds. The predicted octanol–water partition coefficient (Wildman–Crippen LogP) is 3.55. The minimum absolute atomic E-state index is 0.363. The van der Waals surface area contributed by atoms with Crippen LogP contribution in [0.25, 0.3) is 0 Å². The lowest BCUT2D eigenvalue weighted by Gasteiger charge is -2.32. The molecular weight excluding hydrogens is 311 g/mol. The highest BCUT2D eigenvalue weighted by Gasteiger charge is 2.52. The van der Waals surface area contributed by atoms with E-state index in [0.29, 0.717) is 0 Å². The molecule has 0 spiro atoms. The molecule has 1 heterocycles. The maximum absolute atomic E-state index is 11.0. The van der Waals surface area contributed by atoms with Gasteiger partial charge in [-0.2, -0.15) is 0 Å². The van der Waals surface area contributed by atoms with E-state index in [1.807, 2.05) is 62.4 Å². The molecule has 1 fully saturated rings. The fourth-order valence-electron chi connectivity index (χ4n) is 3.14. The van der Waals surface area contributed by atoms with E-state index in [-0.39, 0.29) is 18.3 Å². The molecule has 0 aliphatic carbocycles. The van der Waals surface area contributed by atoms with Crippen molar-refractivity contribution in [1.82, 2.24) is 0 Å². The van der Waals surface area contributed by atoms with E-state index in [1.165, 1.54) is 0 Å². The largest absolute Gasteiger partial charge is 0.495 e. The van der Waals surface area contributed by atoms with Gasteiger partial charge in [-0.25, -0.2) is 0 Å². The summed E-state index contributed by atoms with van der Waals surface area (Å²) in [6.07, 6.45) is 0. The van der Waals surface area contributed by atoms with Crippen LogP contribution in [0, 0.1) is 6.92 Å². The van der Waals surface area contributed by atoms with E-state index in [9.17, 15) is 5.11 Å². The summed E-state index contributed by atoms with van der Waals surface area (Å²) < 4.78 is 12.3. The lowest BCUT2D eigenvalue weighted by molar-refractivity contribution is 0.00578. The second-order valence-corrected chi connectivity index (χ2v) is 8.10. The molecule has 2 aromatic rings. The van der Waals surface area contributed by atoms with E-state index in [4.69, 9.17) is 9.31 Å². The third kappa shape index (κ3) is 3.14. The smallest absolute Gasteiger partial charge is 0.399 e. The van der Waals surface area contributed by atoms with Crippen molar-refractivity contribution in [3.63, 3.8) is 0 Å². The first kappa shape index (κ1) is 18.2. The van der Waals surface area contributed by atoms with E-state index >= 15 is 0 Å². The van der Waals surface area contributed by atoms with Gasteiger partial charge in [-0.1, -0.05) is 54.1 Å². The Morgan fingerprint density at radius 2 is 1.44 bits per heavy atom. The Hall–Kier alpha value is -1.62. The van der Waals surface area contributed by atoms with Crippen LogP contribution in [-0.2, 0) is 14.9 Å². The molecule has 3 rings (SSSR count). The molecular formula is C21H27BO3. The molecule has 1 aliphatic rings. The molecule has 0 saturated carbocycles. The average Bonchev–Trinajstić information content (AvgIpc) is 2.76. The summed E-state index contributed by atoms with van der Waals surface area (Å²) in [5.41, 5.74) is 2.02. The summed E-state index contributed by atoms with van der Waals surface area (Å²) in [7, 11) is -0.388. The van der Waals surface area contributed by atoms with Gasteiger partial charge in [-0.15, -0.1) is 0 Å². The highest BCUT2D eigenvalue weighted by molar-refractivity contribution is 6.62. The topological polar surface area (TPSA) is 38.7 Å². The Bertz CT molecular complexity index is 750. The Balaban J connectivity index is 1.93. The Morgan fingerprint density at radius 1 is 0.880 bits per heavy atom. The average molecular weight is 338 g/mol. The molecule has 1 N–H and O–H groups in total. The molecule has 0 aromatic heterocycles. The van der Waals surface area contributed by atoms with Gasteiger partial charge >= 0.3 is 7.12 Å². The van der Waals surface area contributed by atoms with Crippen LogP contribution < -0.4 is 5.46 Å². The molecule has 132 valence electrons. The highest BCUT2D eigenvalue weighted by atomic mass is 16.7. The van der Waals surface area contributed by atoms with Gasteiger partial charge in [0.25, 0.3) is 0 Å². The zero-order valence-electron chi connectivity index (χ0n) is 16.0. The molecule has 1 unspecified atom stereocenters. The molecule has 1 atom stereocenters. The number of benzene rings is 2. The third-order valence-corrected chi connectivity index (χ3v) is 5.67. The number of aliphatic hydroxyl groups is 1. The predicted molar refractivity (Wildman–Crippen MR) is 102 cm³/mol. The number of hydrogen-bond donors (Lipinski definition) is 1. The van der Waals surface area contributed by atoms with Gasteiger partial charge in [0.15, 0.2) is 0 Å². The van der Waals surface area contributed by atoms with Gasteiger partial charge in [-0.05, 0) is 58.1 Å². The van der Waals surface area contributed by atoms with Gasteiger partial charge in [-0.3, -0.25) is 0 Å². The number of rotatable bonds is 3. The van der Waals surface area contributed by atoms with Crippen molar-refractivity contribution in [3.8, 4) is 0 Å². The summed E-state index contributed by atoms with van der Waals surface area (Å²) >= 11 is 0. The normalized spacial score (nSPS) is 21.2. The third-order valence-electron chi connectivity index (χ3n) is 5.67. The summed E-state index contributed by atoms with van der Waals surface area (Å²) in [4.78, 5) is 0. The van der Waals surface area contributed by atoms with E-state index in [2.05, 4.69) is 27.7 Å². The van der Waals surface area contributed by atoms with Crippen LogP contribution >= 0.6 is 0 Å². The van der Waals surface area contributed by atoms with Gasteiger partial charge < -0.3 is 14.4 Å². The summed E-state index contributed by atoms with van der Waals surface area (Å²) in [5.74, 6) is 0. The summed E-state index contributed by atoms with van der Waals surface area (Å²) in [6, 6.07) is 15.7. The van der Waals surface area contributed by atoms with Crippen LogP contribution in [0.4, 0.5) is 0 Å². The Kier molecular flexibility index (Phi) is 4.35. The molecule has 4 heteroatoms. The van der Waals surface area contributed by atoms with Crippen molar-refractivity contribution in [2.45, 2.75) is 58.3 Å². The van der Waals surface area contributed by atoms with Crippen molar-refractivity contribution in [2.24, 2.45) is 0 Å². The molecule has 0 radical (unpaired) electrons. The Labute approximate surface area is 151 Å². The number of aryl methyl sites for hydroxylation is 1. The van der Waals surface area contributed by atoms with E-state index in [0.717, 1.165) is 22.2 Å². The van der Waals surface area contributed by atoms with E-state index in [1.54, 1.807) is 0 Å². The van der Waals surface area contributed by atoms with Crippen LogP contribution in [0.5, 0.6) is 0 Å². The molecule has 0 bridgehead atoms. The van der Waals surface area contributed by atoms with Gasteiger partial charge in [0.05, 0.1) is 11.2 Å². The van der Waals surface area contributed by atoms with Crippen molar-refractivity contribution < 1.29 is 14.4 Å². The van der Waals surface area contributed by atoms with Crippen LogP contribution in [-0.4, -0.2) is 23.4 Å². The van der Waals surface area contributed by atoms with Crippen molar-refractivity contribution in [1.29, 1.82) is 0 Å². The second kappa shape index (κ2) is 5.98. The Morgan fingerprint density at radius 3 is 1.96 bits per heavy atom. The van der Waals surface area contributed by atoms with E-state index < -0.39 is 5.60 Å². The van der Waals surface area contributed by atoms with Crippen LogP contribution in [0.15, 0.2) is 48.5 Å². The first-order chi connectivity index (χ1) is 11.5. The second-order valence-electron chi connectivity index (χ2n) is 8.10. The monoisotopic (exact) mass is 338 g/mol. The molecule has 2 aromatic carbocycles. The van der Waals surface area contributed by atoms with Crippen LogP contribution in [0.1, 0.15) is 51.3 Å². The van der Waals surface area contributed by atoms with Crippen molar-refractivity contribution in [3.05, 3.63) is 65.2 Å². The lowest BCUT2D eigenvalue weighted by atomic mass is 9.74. The fraction of sp³-hybridized carbons (Fsp3) is 0.429. The first-order valence-electron chi connectivity index (χ1n) is 8.79. The fourth-order valence-corrected chi connectivity index (χ4v) is 3.14. The zero-order valence-corrected chi connectivity index (χ0v) is 16.0. The number of hydrogen-bond acceptors (Lipinski definition) is 3. The van der Waals surface area contributed by atoms with Gasteiger partial charge in [0, 0.05) is 0 Å². The molecule has 1 aliphatic heterocycles. The van der Waals surface area contributed by atoms with Crippen LogP contribution in [0.2, 0.25) is 0 Å². The molecule has 1 saturated heterocycles. The minimum Gasteiger partial charge on any atom is -0.399 e. The highest BCUT2D eigenvalue weighted by Crippen LogP contribution is 2.37. The standard InChI is InChI=1S/C21H27BO3/c1-15-14-17(21(6,23)16-10-8-7-9-11-16)12-13-18(15)22-24-19(2,3)20(4,5)25-22/h7-14,23H,1-6H3. The summed E-state index contributed by atoms with van der Waals surface area (Å²) in [5, 5.41) is 11.0.